The third-order valence-electron chi connectivity index (χ3n) is 4.41. The smallest absolute Gasteiger partial charge is 0.255 e. The van der Waals surface area contributed by atoms with Crippen molar-refractivity contribution in [3.05, 3.63) is 24.0 Å². The predicted molar refractivity (Wildman–Crippen MR) is 75.6 cm³/mol. The summed E-state index contributed by atoms with van der Waals surface area (Å²) < 4.78 is 0. The van der Waals surface area contributed by atoms with Crippen LogP contribution in [0.15, 0.2) is 18.5 Å². The van der Waals surface area contributed by atoms with Crippen molar-refractivity contribution >= 4 is 5.91 Å². The molecule has 1 aromatic rings. The van der Waals surface area contributed by atoms with Crippen LogP contribution < -0.4 is 0 Å². The first-order valence-corrected chi connectivity index (χ1v) is 7.41. The molecule has 0 radical (unpaired) electrons. The molecule has 5 nitrogen and oxygen atoms in total. The largest absolute Gasteiger partial charge is 0.506 e. The number of aromatic nitrogens is 1. The summed E-state index contributed by atoms with van der Waals surface area (Å²) in [6.07, 6.45) is 8.17. The average molecular weight is 275 g/mol. The van der Waals surface area contributed by atoms with Gasteiger partial charge in [-0.3, -0.25) is 14.7 Å². The maximum absolute atomic E-state index is 12.3. The van der Waals surface area contributed by atoms with E-state index in [9.17, 15) is 9.90 Å². The first-order chi connectivity index (χ1) is 9.74. The molecule has 0 spiro atoms. The molecule has 0 atom stereocenters. The molecular weight excluding hydrogens is 254 g/mol. The van der Waals surface area contributed by atoms with E-state index in [4.69, 9.17) is 0 Å². The van der Waals surface area contributed by atoms with Crippen LogP contribution >= 0.6 is 0 Å². The molecule has 3 rings (SSSR count). The summed E-state index contributed by atoms with van der Waals surface area (Å²) in [6.45, 7) is 3.46. The van der Waals surface area contributed by atoms with Gasteiger partial charge in [0.1, 0.15) is 5.75 Å². The first-order valence-electron chi connectivity index (χ1n) is 7.41. The number of nitrogens with zero attached hydrogens (tertiary/aromatic N) is 3. The van der Waals surface area contributed by atoms with Gasteiger partial charge in [0.25, 0.3) is 5.91 Å². The van der Waals surface area contributed by atoms with Crippen molar-refractivity contribution in [2.45, 2.75) is 31.7 Å². The number of rotatable bonds is 2. The Morgan fingerprint density at radius 1 is 1.15 bits per heavy atom. The molecule has 0 unspecified atom stereocenters. The Morgan fingerprint density at radius 3 is 2.50 bits per heavy atom. The second kappa shape index (κ2) is 5.79. The highest BCUT2D eigenvalue weighted by Gasteiger charge is 2.28. The van der Waals surface area contributed by atoms with Crippen molar-refractivity contribution in [2.24, 2.45) is 0 Å². The fraction of sp³-hybridized carbons (Fsp3) is 0.600. The molecule has 1 N–H and O–H groups in total. The molecule has 1 aliphatic heterocycles. The van der Waals surface area contributed by atoms with Crippen LogP contribution in [-0.4, -0.2) is 58.0 Å². The SMILES string of the molecule is O=C(c1cncc(O)c1)N1CCN(C2CCCC2)CC1. The van der Waals surface area contributed by atoms with Gasteiger partial charge in [-0.2, -0.15) is 0 Å². The Labute approximate surface area is 119 Å². The minimum Gasteiger partial charge on any atom is -0.506 e. The Balaban J connectivity index is 1.58. The van der Waals surface area contributed by atoms with E-state index < -0.39 is 0 Å². The van der Waals surface area contributed by atoms with Gasteiger partial charge < -0.3 is 10.0 Å². The summed E-state index contributed by atoms with van der Waals surface area (Å²) in [7, 11) is 0. The van der Waals surface area contributed by atoms with E-state index in [0.29, 0.717) is 5.56 Å². The lowest BCUT2D eigenvalue weighted by atomic mass is 10.1. The Kier molecular flexibility index (Phi) is 3.87. The molecule has 1 saturated heterocycles. The second-order valence-corrected chi connectivity index (χ2v) is 5.70. The summed E-state index contributed by atoms with van der Waals surface area (Å²) in [5, 5.41) is 9.40. The highest BCUT2D eigenvalue weighted by atomic mass is 16.3. The van der Waals surface area contributed by atoms with Gasteiger partial charge in [0.15, 0.2) is 0 Å². The summed E-state index contributed by atoms with van der Waals surface area (Å²) in [4.78, 5) is 20.6. The zero-order chi connectivity index (χ0) is 13.9. The molecule has 1 aromatic heterocycles. The minimum atomic E-state index is -0.0283. The van der Waals surface area contributed by atoms with E-state index in [1.807, 2.05) is 4.90 Å². The standard InChI is InChI=1S/C15H21N3O2/c19-14-9-12(10-16-11-14)15(20)18-7-5-17(6-8-18)13-3-1-2-4-13/h9-11,13,19H,1-8H2. The fourth-order valence-electron chi connectivity index (χ4n) is 3.29. The van der Waals surface area contributed by atoms with Crippen LogP contribution in [0.2, 0.25) is 0 Å². The molecule has 0 aromatic carbocycles. The van der Waals surface area contributed by atoms with Crippen molar-refractivity contribution < 1.29 is 9.90 Å². The number of piperazine rings is 1. The topological polar surface area (TPSA) is 56.7 Å². The van der Waals surface area contributed by atoms with Crippen molar-refractivity contribution in [1.29, 1.82) is 0 Å². The molecular formula is C15H21N3O2. The first kappa shape index (κ1) is 13.4. The lowest BCUT2D eigenvalue weighted by Gasteiger charge is -2.38. The summed E-state index contributed by atoms with van der Waals surface area (Å²) in [5.74, 6) is 0.0138. The Morgan fingerprint density at radius 2 is 1.85 bits per heavy atom. The Bertz CT molecular complexity index is 478. The van der Waals surface area contributed by atoms with E-state index >= 15 is 0 Å². The van der Waals surface area contributed by atoms with Crippen molar-refractivity contribution in [3.63, 3.8) is 0 Å². The van der Waals surface area contributed by atoms with E-state index in [-0.39, 0.29) is 11.7 Å². The predicted octanol–water partition coefficient (Wildman–Crippen LogP) is 1.49. The quantitative estimate of drug-likeness (QED) is 0.888. The minimum absolute atomic E-state index is 0.0283. The zero-order valence-corrected chi connectivity index (χ0v) is 11.7. The Hall–Kier alpha value is -1.62. The number of hydrogen-bond donors (Lipinski definition) is 1. The van der Waals surface area contributed by atoms with E-state index in [2.05, 4.69) is 9.88 Å². The molecule has 1 saturated carbocycles. The third-order valence-corrected chi connectivity index (χ3v) is 4.41. The van der Waals surface area contributed by atoms with E-state index in [1.54, 1.807) is 0 Å². The van der Waals surface area contributed by atoms with Crippen LogP contribution in [0.4, 0.5) is 0 Å². The number of aromatic hydroxyl groups is 1. The second-order valence-electron chi connectivity index (χ2n) is 5.70. The molecule has 0 bridgehead atoms. The van der Waals surface area contributed by atoms with Crippen molar-refractivity contribution in [1.82, 2.24) is 14.8 Å². The normalized spacial score (nSPS) is 21.3. The molecule has 2 heterocycles. The fourth-order valence-corrected chi connectivity index (χ4v) is 3.29. The number of carbonyl (C=O) groups excluding carboxylic acids is 1. The zero-order valence-electron chi connectivity index (χ0n) is 11.7. The maximum atomic E-state index is 12.3. The van der Waals surface area contributed by atoms with Crippen molar-refractivity contribution in [2.75, 3.05) is 26.2 Å². The molecule has 1 aliphatic carbocycles. The van der Waals surface area contributed by atoms with Gasteiger partial charge in [-0.15, -0.1) is 0 Å². The highest BCUT2D eigenvalue weighted by molar-refractivity contribution is 5.94. The van der Waals surface area contributed by atoms with Crippen LogP contribution in [0.25, 0.3) is 0 Å². The maximum Gasteiger partial charge on any atom is 0.255 e. The van der Waals surface area contributed by atoms with Gasteiger partial charge in [-0.25, -0.2) is 0 Å². The summed E-state index contributed by atoms with van der Waals surface area (Å²) in [6, 6.07) is 2.22. The third kappa shape index (κ3) is 2.77. The van der Waals surface area contributed by atoms with Crippen LogP contribution in [0, 0.1) is 0 Å². The number of amides is 1. The summed E-state index contributed by atoms with van der Waals surface area (Å²) >= 11 is 0. The highest BCUT2D eigenvalue weighted by Crippen LogP contribution is 2.24. The van der Waals surface area contributed by atoms with Gasteiger partial charge >= 0.3 is 0 Å². The van der Waals surface area contributed by atoms with Crippen LogP contribution in [-0.2, 0) is 0 Å². The van der Waals surface area contributed by atoms with Crippen LogP contribution in [0.5, 0.6) is 5.75 Å². The average Bonchev–Trinajstić information content (AvgIpc) is 3.01. The number of carbonyl (C=O) groups is 1. The van der Waals surface area contributed by atoms with Crippen LogP contribution in [0.3, 0.4) is 0 Å². The molecule has 5 heteroatoms. The number of hydrogen-bond acceptors (Lipinski definition) is 4. The molecule has 20 heavy (non-hydrogen) atoms. The number of pyridine rings is 1. The van der Waals surface area contributed by atoms with Gasteiger partial charge in [0.05, 0.1) is 11.8 Å². The molecule has 2 fully saturated rings. The molecule has 108 valence electrons. The lowest BCUT2D eigenvalue weighted by molar-refractivity contribution is 0.0572. The van der Waals surface area contributed by atoms with Gasteiger partial charge in [0.2, 0.25) is 0 Å². The van der Waals surface area contributed by atoms with E-state index in [0.717, 1.165) is 32.2 Å². The van der Waals surface area contributed by atoms with Crippen LogP contribution in [0.1, 0.15) is 36.0 Å². The monoisotopic (exact) mass is 275 g/mol. The summed E-state index contributed by atoms with van der Waals surface area (Å²) in [5.41, 5.74) is 0.472. The molecule has 1 amide bonds. The van der Waals surface area contributed by atoms with Gasteiger partial charge in [0, 0.05) is 38.4 Å². The lowest BCUT2D eigenvalue weighted by Crippen LogP contribution is -2.51. The van der Waals surface area contributed by atoms with Crippen molar-refractivity contribution in [3.8, 4) is 5.75 Å². The van der Waals surface area contributed by atoms with Gasteiger partial charge in [-0.1, -0.05) is 12.8 Å². The van der Waals surface area contributed by atoms with E-state index in [1.165, 1.54) is 44.1 Å². The van der Waals surface area contributed by atoms with Gasteiger partial charge in [-0.05, 0) is 18.9 Å². The molecule has 2 aliphatic rings.